The van der Waals surface area contributed by atoms with Gasteiger partial charge in [0, 0.05) is 25.6 Å². The Balaban J connectivity index is 1.73. The number of halogens is 1. The number of amides is 1. The lowest BCUT2D eigenvalue weighted by Gasteiger charge is -2.45. The topological polar surface area (TPSA) is 75.7 Å². The van der Waals surface area contributed by atoms with Gasteiger partial charge in [-0.2, -0.15) is 0 Å². The molecular weight excluding hydrogens is 407 g/mol. The number of nitrogens with one attached hydrogen (secondary N) is 1. The fraction of sp³-hybridized carbons (Fsp3) is 0.682. The molecule has 168 valence electrons. The lowest BCUT2D eigenvalue weighted by Crippen LogP contribution is -2.53. The molecule has 0 spiro atoms. The first-order valence-electron chi connectivity index (χ1n) is 10.9. The zero-order chi connectivity index (χ0) is 21.8. The summed E-state index contributed by atoms with van der Waals surface area (Å²) in [7, 11) is -3.28. The lowest BCUT2D eigenvalue weighted by molar-refractivity contribution is -0.0715. The second-order valence-corrected chi connectivity index (χ2v) is 10.6. The van der Waals surface area contributed by atoms with E-state index in [1.165, 1.54) is 31.4 Å². The molecule has 1 aliphatic heterocycles. The van der Waals surface area contributed by atoms with Crippen molar-refractivity contribution in [3.8, 4) is 0 Å². The summed E-state index contributed by atoms with van der Waals surface area (Å²) in [6.45, 7) is 2.95. The van der Waals surface area contributed by atoms with E-state index in [4.69, 9.17) is 4.74 Å². The summed E-state index contributed by atoms with van der Waals surface area (Å²) in [5.41, 5.74) is -0.117. The van der Waals surface area contributed by atoms with Crippen molar-refractivity contribution in [2.45, 2.75) is 69.9 Å². The Morgan fingerprint density at radius 1 is 1.23 bits per heavy atom. The van der Waals surface area contributed by atoms with E-state index < -0.39 is 15.6 Å². The number of sulfonamides is 1. The molecule has 2 unspecified atom stereocenters. The molecule has 0 bridgehead atoms. The van der Waals surface area contributed by atoms with Crippen LogP contribution in [0.25, 0.3) is 0 Å². The number of benzene rings is 1. The third-order valence-electron chi connectivity index (χ3n) is 6.59. The zero-order valence-electron chi connectivity index (χ0n) is 17.9. The van der Waals surface area contributed by atoms with Gasteiger partial charge in [-0.1, -0.05) is 31.4 Å². The average Bonchev–Trinajstić information content (AvgIpc) is 2.71. The molecule has 2 aliphatic rings. The van der Waals surface area contributed by atoms with Gasteiger partial charge < -0.3 is 9.64 Å². The van der Waals surface area contributed by atoms with Crippen LogP contribution >= 0.6 is 0 Å². The molecule has 1 aromatic carbocycles. The highest BCUT2D eigenvalue weighted by Gasteiger charge is 2.44. The maximum atomic E-state index is 13.5. The third kappa shape index (κ3) is 5.72. The van der Waals surface area contributed by atoms with Crippen LogP contribution in [0.3, 0.4) is 0 Å². The van der Waals surface area contributed by atoms with E-state index in [1.807, 2.05) is 4.90 Å². The van der Waals surface area contributed by atoms with Crippen LogP contribution in [0.4, 0.5) is 9.18 Å². The van der Waals surface area contributed by atoms with Crippen LogP contribution in [0.1, 0.15) is 63.9 Å². The van der Waals surface area contributed by atoms with Crippen LogP contribution in [0.2, 0.25) is 0 Å². The highest BCUT2D eigenvalue weighted by Crippen LogP contribution is 2.40. The summed E-state index contributed by atoms with van der Waals surface area (Å²) in [5, 5.41) is 0. The van der Waals surface area contributed by atoms with Crippen molar-refractivity contribution in [3.63, 3.8) is 0 Å². The van der Waals surface area contributed by atoms with Gasteiger partial charge in [0.15, 0.2) is 0 Å². The summed E-state index contributed by atoms with van der Waals surface area (Å²) in [6, 6.07) is 6.20. The summed E-state index contributed by atoms with van der Waals surface area (Å²) < 4.78 is 44.7. The fourth-order valence-corrected chi connectivity index (χ4v) is 5.33. The molecule has 1 amide bonds. The van der Waals surface area contributed by atoms with Crippen LogP contribution in [0.15, 0.2) is 24.3 Å². The van der Waals surface area contributed by atoms with Gasteiger partial charge in [0.2, 0.25) is 10.0 Å². The quantitative estimate of drug-likeness (QED) is 0.616. The molecule has 1 aliphatic carbocycles. The second kappa shape index (κ2) is 9.64. The number of hydrogen-bond acceptors (Lipinski definition) is 4. The molecule has 8 heteroatoms. The van der Waals surface area contributed by atoms with E-state index >= 15 is 0 Å². The Morgan fingerprint density at radius 3 is 2.50 bits per heavy atom. The Bertz CT molecular complexity index is 824. The molecule has 3 rings (SSSR count). The number of nitrogens with zero attached hydrogens (tertiary/aromatic N) is 1. The minimum absolute atomic E-state index is 0.135. The van der Waals surface area contributed by atoms with E-state index in [0.29, 0.717) is 31.7 Å². The Labute approximate surface area is 179 Å². The normalized spacial score (nSPS) is 24.5. The van der Waals surface area contributed by atoms with Gasteiger partial charge in [0.1, 0.15) is 11.4 Å². The van der Waals surface area contributed by atoms with Crippen molar-refractivity contribution in [2.24, 2.45) is 5.92 Å². The molecule has 1 aromatic rings. The molecule has 30 heavy (non-hydrogen) atoms. The molecule has 2 fully saturated rings. The van der Waals surface area contributed by atoms with Crippen LogP contribution in [0.5, 0.6) is 0 Å². The van der Waals surface area contributed by atoms with E-state index in [2.05, 4.69) is 11.6 Å². The first-order chi connectivity index (χ1) is 14.2. The number of cyclic esters (lactones) is 1. The van der Waals surface area contributed by atoms with Crippen molar-refractivity contribution in [1.29, 1.82) is 0 Å². The van der Waals surface area contributed by atoms with E-state index in [1.54, 1.807) is 12.1 Å². The number of hydrogen-bond donors (Lipinski definition) is 1. The fourth-order valence-electron chi connectivity index (χ4n) is 4.82. The van der Waals surface area contributed by atoms with Gasteiger partial charge in [-0.05, 0) is 56.2 Å². The molecule has 1 saturated heterocycles. The minimum atomic E-state index is -3.28. The highest BCUT2D eigenvalue weighted by atomic mass is 32.2. The first kappa shape index (κ1) is 23.0. The zero-order valence-corrected chi connectivity index (χ0v) is 18.7. The predicted octanol–water partition coefficient (Wildman–Crippen LogP) is 4.16. The van der Waals surface area contributed by atoms with Crippen molar-refractivity contribution in [2.75, 3.05) is 19.3 Å². The van der Waals surface area contributed by atoms with Crippen LogP contribution in [-0.4, -0.2) is 44.8 Å². The Kier molecular flexibility index (Phi) is 7.39. The summed E-state index contributed by atoms with van der Waals surface area (Å²) in [4.78, 5) is 14.9. The number of carbonyl (C=O) groups excluding carboxylic acids is 1. The molecular formula is C22H33FN2O4S. The molecule has 0 radical (unpaired) electrons. The molecule has 1 N–H and O–H groups in total. The smallest absolute Gasteiger partial charge is 0.410 e. The minimum Gasteiger partial charge on any atom is -0.438 e. The van der Waals surface area contributed by atoms with E-state index in [-0.39, 0.29) is 24.5 Å². The van der Waals surface area contributed by atoms with Gasteiger partial charge in [0.05, 0.1) is 6.26 Å². The Hall–Kier alpha value is -1.67. The van der Waals surface area contributed by atoms with Crippen molar-refractivity contribution < 1.29 is 22.3 Å². The molecule has 1 saturated carbocycles. The highest BCUT2D eigenvalue weighted by molar-refractivity contribution is 7.88. The average molecular weight is 441 g/mol. The molecule has 2 atom stereocenters. The standard InChI is InChI=1S/C22H33FN2O4S/c1-17(18-7-4-3-5-8-18)25-16-14-22(29-21(25)26,13-6-15-24-30(2,27)28)19-9-11-20(23)12-10-19/h9-12,17-18,24H,3-8,13-16H2,1-2H3. The monoisotopic (exact) mass is 440 g/mol. The maximum absolute atomic E-state index is 13.5. The summed E-state index contributed by atoms with van der Waals surface area (Å²) >= 11 is 0. The SMILES string of the molecule is CC(C1CCCCC1)N1CCC(CCCNS(C)(=O)=O)(c2ccc(F)cc2)OC1=O. The number of carbonyl (C=O) groups is 1. The van der Waals surface area contributed by atoms with Crippen molar-refractivity contribution in [3.05, 3.63) is 35.6 Å². The number of ether oxygens (including phenoxy) is 1. The third-order valence-corrected chi connectivity index (χ3v) is 7.32. The van der Waals surface area contributed by atoms with Gasteiger partial charge in [0.25, 0.3) is 0 Å². The van der Waals surface area contributed by atoms with Gasteiger partial charge in [-0.3, -0.25) is 0 Å². The van der Waals surface area contributed by atoms with Gasteiger partial charge >= 0.3 is 6.09 Å². The Morgan fingerprint density at radius 2 is 1.90 bits per heavy atom. The van der Waals surface area contributed by atoms with E-state index in [9.17, 15) is 17.6 Å². The molecule has 6 nitrogen and oxygen atoms in total. The van der Waals surface area contributed by atoms with Crippen molar-refractivity contribution >= 4 is 16.1 Å². The van der Waals surface area contributed by atoms with Crippen LogP contribution in [0, 0.1) is 11.7 Å². The second-order valence-electron chi connectivity index (χ2n) is 8.72. The van der Waals surface area contributed by atoms with Gasteiger partial charge in [-0.15, -0.1) is 0 Å². The van der Waals surface area contributed by atoms with Crippen LogP contribution in [-0.2, 0) is 20.4 Å². The summed E-state index contributed by atoms with van der Waals surface area (Å²) in [6.07, 6.45) is 8.34. The first-order valence-corrected chi connectivity index (χ1v) is 12.8. The lowest BCUT2D eigenvalue weighted by atomic mass is 9.82. The molecule has 0 aromatic heterocycles. The maximum Gasteiger partial charge on any atom is 0.410 e. The van der Waals surface area contributed by atoms with E-state index in [0.717, 1.165) is 24.7 Å². The predicted molar refractivity (Wildman–Crippen MR) is 114 cm³/mol. The van der Waals surface area contributed by atoms with Gasteiger partial charge in [-0.25, -0.2) is 22.3 Å². The largest absolute Gasteiger partial charge is 0.438 e. The van der Waals surface area contributed by atoms with Crippen LogP contribution < -0.4 is 4.72 Å². The number of rotatable bonds is 8. The van der Waals surface area contributed by atoms with Crippen molar-refractivity contribution in [1.82, 2.24) is 9.62 Å². The summed E-state index contributed by atoms with van der Waals surface area (Å²) in [5.74, 6) is 0.158. The molecule has 1 heterocycles.